The molecule has 0 saturated heterocycles. The summed E-state index contributed by atoms with van der Waals surface area (Å²) < 4.78 is 5.39. The third-order valence-electron chi connectivity index (χ3n) is 3.56. The van der Waals surface area contributed by atoms with Gasteiger partial charge in [-0.3, -0.25) is 9.78 Å². The van der Waals surface area contributed by atoms with Crippen LogP contribution >= 0.6 is 0 Å². The Morgan fingerprint density at radius 3 is 2.59 bits per heavy atom. The number of hydrogen-bond donors (Lipinski definition) is 1. The highest BCUT2D eigenvalue weighted by atomic mass is 16.5. The number of nitrogens with one attached hydrogen (secondary N) is 1. The maximum Gasteiger partial charge on any atom is 0.251 e. The first-order chi connectivity index (χ1) is 10.6. The molecule has 116 valence electrons. The average molecular weight is 298 g/mol. The molecule has 1 heterocycles. The van der Waals surface area contributed by atoms with Crippen molar-refractivity contribution in [1.82, 2.24) is 10.3 Å². The molecule has 1 aromatic carbocycles. The van der Waals surface area contributed by atoms with Crippen LogP contribution in [-0.2, 0) is 6.42 Å². The third-order valence-corrected chi connectivity index (χ3v) is 3.56. The quantitative estimate of drug-likeness (QED) is 0.891. The smallest absolute Gasteiger partial charge is 0.251 e. The minimum atomic E-state index is -0.0694. The molecule has 1 N–H and O–H groups in total. The van der Waals surface area contributed by atoms with Gasteiger partial charge in [0.15, 0.2) is 0 Å². The van der Waals surface area contributed by atoms with Gasteiger partial charge in [0, 0.05) is 24.5 Å². The molecule has 0 atom stereocenters. The molecule has 0 bridgehead atoms. The molecule has 4 nitrogen and oxygen atoms in total. The summed E-state index contributed by atoms with van der Waals surface area (Å²) in [6.07, 6.45) is 4.03. The zero-order chi connectivity index (χ0) is 15.9. The van der Waals surface area contributed by atoms with Gasteiger partial charge < -0.3 is 10.1 Å². The van der Waals surface area contributed by atoms with E-state index in [2.05, 4.69) is 30.2 Å². The van der Waals surface area contributed by atoms with Crippen molar-refractivity contribution in [1.29, 1.82) is 0 Å². The first kappa shape index (κ1) is 16.0. The van der Waals surface area contributed by atoms with Crippen LogP contribution in [0.2, 0.25) is 0 Å². The van der Waals surface area contributed by atoms with Crippen LogP contribution in [0.4, 0.5) is 0 Å². The normalized spacial score (nSPS) is 10.5. The van der Waals surface area contributed by atoms with E-state index in [9.17, 15) is 4.79 Å². The second-order valence-corrected chi connectivity index (χ2v) is 5.47. The number of ether oxygens (including phenoxy) is 1. The molecule has 1 aromatic heterocycles. The second kappa shape index (κ2) is 7.59. The highest BCUT2D eigenvalue weighted by molar-refractivity contribution is 5.93. The first-order valence-electron chi connectivity index (χ1n) is 7.47. The fourth-order valence-electron chi connectivity index (χ4n) is 2.32. The number of carbonyl (C=O) groups excluding carboxylic acids is 1. The van der Waals surface area contributed by atoms with E-state index >= 15 is 0 Å². The van der Waals surface area contributed by atoms with Gasteiger partial charge in [-0.05, 0) is 41.7 Å². The number of benzene rings is 1. The van der Waals surface area contributed by atoms with E-state index in [1.807, 2.05) is 12.1 Å². The molecule has 0 aliphatic rings. The van der Waals surface area contributed by atoms with Gasteiger partial charge in [0.1, 0.15) is 5.75 Å². The maximum atomic E-state index is 12.0. The van der Waals surface area contributed by atoms with Gasteiger partial charge in [0.05, 0.1) is 7.11 Å². The highest BCUT2D eigenvalue weighted by Gasteiger charge is 2.09. The van der Waals surface area contributed by atoms with Gasteiger partial charge >= 0.3 is 0 Å². The Balaban J connectivity index is 1.95. The van der Waals surface area contributed by atoms with Crippen LogP contribution in [0.15, 0.2) is 42.7 Å². The number of nitrogens with zero attached hydrogens (tertiary/aromatic N) is 1. The number of aromatic nitrogens is 1. The summed E-state index contributed by atoms with van der Waals surface area (Å²) >= 11 is 0. The summed E-state index contributed by atoms with van der Waals surface area (Å²) in [5.74, 6) is 1.25. The molecule has 2 aromatic rings. The van der Waals surface area contributed by atoms with Crippen molar-refractivity contribution in [2.24, 2.45) is 0 Å². The first-order valence-corrected chi connectivity index (χ1v) is 7.47. The molecule has 0 fully saturated rings. The van der Waals surface area contributed by atoms with E-state index < -0.39 is 0 Å². The number of rotatable bonds is 6. The molecule has 1 amide bonds. The highest BCUT2D eigenvalue weighted by Crippen LogP contribution is 2.27. The van der Waals surface area contributed by atoms with Crippen LogP contribution in [0.3, 0.4) is 0 Å². The molecule has 0 saturated carbocycles. The Bertz CT molecular complexity index is 624. The molecule has 0 unspecified atom stereocenters. The predicted molar refractivity (Wildman–Crippen MR) is 87.4 cm³/mol. The van der Waals surface area contributed by atoms with Gasteiger partial charge in [-0.2, -0.15) is 0 Å². The Morgan fingerprint density at radius 1 is 1.23 bits per heavy atom. The zero-order valence-electron chi connectivity index (χ0n) is 13.3. The lowest BCUT2D eigenvalue weighted by atomic mass is 9.98. The fourth-order valence-corrected chi connectivity index (χ4v) is 2.32. The lowest BCUT2D eigenvalue weighted by molar-refractivity contribution is 0.0954. The van der Waals surface area contributed by atoms with Gasteiger partial charge in [-0.15, -0.1) is 0 Å². The van der Waals surface area contributed by atoms with E-state index in [0.717, 1.165) is 12.2 Å². The van der Waals surface area contributed by atoms with Crippen LogP contribution in [-0.4, -0.2) is 24.5 Å². The van der Waals surface area contributed by atoms with E-state index in [4.69, 9.17) is 4.74 Å². The average Bonchev–Trinajstić information content (AvgIpc) is 2.55. The Morgan fingerprint density at radius 2 is 1.95 bits per heavy atom. The standard InChI is InChI=1S/C18H22N2O2/c1-13(2)16-12-14(4-5-17(16)22-3)6-11-20-18(21)15-7-9-19-10-8-15/h4-5,7-10,12-13H,6,11H2,1-3H3,(H,20,21). The molecule has 0 spiro atoms. The van der Waals surface area contributed by atoms with Crippen LogP contribution in [0.5, 0.6) is 5.75 Å². The lowest BCUT2D eigenvalue weighted by Gasteiger charge is -2.13. The van der Waals surface area contributed by atoms with Gasteiger partial charge in [0.2, 0.25) is 0 Å². The molecule has 0 aliphatic heterocycles. The fraction of sp³-hybridized carbons (Fsp3) is 0.333. The van der Waals surface area contributed by atoms with Crippen molar-refractivity contribution in [3.05, 3.63) is 59.4 Å². The van der Waals surface area contributed by atoms with Crippen LogP contribution in [0.1, 0.15) is 41.3 Å². The molecular weight excluding hydrogens is 276 g/mol. The molecule has 0 aliphatic carbocycles. The summed E-state index contributed by atoms with van der Waals surface area (Å²) in [5, 5.41) is 2.93. The van der Waals surface area contributed by atoms with E-state index in [1.54, 1.807) is 31.6 Å². The summed E-state index contributed by atoms with van der Waals surface area (Å²) in [5.41, 5.74) is 3.02. The van der Waals surface area contributed by atoms with E-state index in [-0.39, 0.29) is 5.91 Å². The predicted octanol–water partition coefficient (Wildman–Crippen LogP) is 3.19. The van der Waals surface area contributed by atoms with Crippen molar-refractivity contribution in [2.45, 2.75) is 26.2 Å². The van der Waals surface area contributed by atoms with Crippen molar-refractivity contribution in [3.8, 4) is 5.75 Å². The SMILES string of the molecule is COc1ccc(CCNC(=O)c2ccncc2)cc1C(C)C. The summed E-state index contributed by atoms with van der Waals surface area (Å²) in [6.45, 7) is 4.89. The summed E-state index contributed by atoms with van der Waals surface area (Å²) in [7, 11) is 1.69. The van der Waals surface area contributed by atoms with Crippen molar-refractivity contribution >= 4 is 5.91 Å². The van der Waals surface area contributed by atoms with E-state index in [1.165, 1.54) is 11.1 Å². The maximum absolute atomic E-state index is 12.0. The monoisotopic (exact) mass is 298 g/mol. The van der Waals surface area contributed by atoms with Crippen LogP contribution < -0.4 is 10.1 Å². The number of amides is 1. The third kappa shape index (κ3) is 4.07. The minimum absolute atomic E-state index is 0.0694. The molecular formula is C18H22N2O2. The summed E-state index contributed by atoms with van der Waals surface area (Å²) in [4.78, 5) is 15.9. The number of carbonyl (C=O) groups is 1. The van der Waals surface area contributed by atoms with Gasteiger partial charge in [-0.1, -0.05) is 26.0 Å². The number of hydrogen-bond acceptors (Lipinski definition) is 3. The Kier molecular flexibility index (Phi) is 5.53. The minimum Gasteiger partial charge on any atom is -0.496 e. The molecule has 2 rings (SSSR count). The van der Waals surface area contributed by atoms with E-state index in [0.29, 0.717) is 18.0 Å². The van der Waals surface area contributed by atoms with Gasteiger partial charge in [0.25, 0.3) is 5.91 Å². The lowest BCUT2D eigenvalue weighted by Crippen LogP contribution is -2.25. The molecule has 4 heteroatoms. The Labute approximate surface area is 131 Å². The molecule has 22 heavy (non-hydrogen) atoms. The number of pyridine rings is 1. The molecule has 0 radical (unpaired) electrons. The van der Waals surface area contributed by atoms with Crippen LogP contribution in [0, 0.1) is 0 Å². The van der Waals surface area contributed by atoms with Crippen molar-refractivity contribution < 1.29 is 9.53 Å². The second-order valence-electron chi connectivity index (χ2n) is 5.47. The van der Waals surface area contributed by atoms with Crippen LogP contribution in [0.25, 0.3) is 0 Å². The zero-order valence-corrected chi connectivity index (χ0v) is 13.3. The van der Waals surface area contributed by atoms with Crippen molar-refractivity contribution in [3.63, 3.8) is 0 Å². The van der Waals surface area contributed by atoms with Crippen molar-refractivity contribution in [2.75, 3.05) is 13.7 Å². The number of methoxy groups -OCH3 is 1. The largest absolute Gasteiger partial charge is 0.496 e. The Hall–Kier alpha value is -2.36. The topological polar surface area (TPSA) is 51.2 Å². The summed E-state index contributed by atoms with van der Waals surface area (Å²) in [6, 6.07) is 9.61. The van der Waals surface area contributed by atoms with Gasteiger partial charge in [-0.25, -0.2) is 0 Å².